The summed E-state index contributed by atoms with van der Waals surface area (Å²) in [6, 6.07) is 12.1. The van der Waals surface area contributed by atoms with Crippen molar-refractivity contribution in [3.8, 4) is 22.1 Å². The van der Waals surface area contributed by atoms with Crippen LogP contribution < -0.4 is 9.47 Å². The maximum atomic E-state index is 13.3. The Morgan fingerprint density at radius 3 is 2.70 bits per heavy atom. The monoisotopic (exact) mass is 422 g/mol. The number of nitrogens with zero attached hydrogens (tertiary/aromatic N) is 2. The number of thiazole rings is 1. The minimum atomic E-state index is -0.0253. The minimum Gasteiger partial charge on any atom is -0.497 e. The largest absolute Gasteiger partial charge is 0.497 e. The van der Waals surface area contributed by atoms with Gasteiger partial charge in [-0.25, -0.2) is 4.98 Å². The highest BCUT2D eigenvalue weighted by atomic mass is 32.1. The third-order valence-corrected chi connectivity index (χ3v) is 6.52. The van der Waals surface area contributed by atoms with Crippen molar-refractivity contribution in [2.45, 2.75) is 32.7 Å². The number of hydrogen-bond donors (Lipinski definition) is 0. The van der Waals surface area contributed by atoms with E-state index in [4.69, 9.17) is 9.47 Å². The van der Waals surface area contributed by atoms with Crippen molar-refractivity contribution in [2.75, 3.05) is 20.8 Å². The van der Waals surface area contributed by atoms with Gasteiger partial charge in [-0.3, -0.25) is 4.79 Å². The zero-order valence-corrected chi connectivity index (χ0v) is 18.6. The Morgan fingerprint density at radius 1 is 1.13 bits per heavy atom. The van der Waals surface area contributed by atoms with Gasteiger partial charge in [-0.15, -0.1) is 11.3 Å². The van der Waals surface area contributed by atoms with Crippen LogP contribution in [-0.2, 0) is 0 Å². The predicted octanol–water partition coefficient (Wildman–Crippen LogP) is 5.42. The van der Waals surface area contributed by atoms with Crippen molar-refractivity contribution in [1.82, 2.24) is 9.88 Å². The van der Waals surface area contributed by atoms with Crippen LogP contribution in [0.3, 0.4) is 0 Å². The Bertz CT molecular complexity index is 1080. The summed E-state index contributed by atoms with van der Waals surface area (Å²) in [4.78, 5) is 20.0. The predicted molar refractivity (Wildman–Crippen MR) is 120 cm³/mol. The molecule has 6 heteroatoms. The molecule has 1 aliphatic rings. The lowest BCUT2D eigenvalue weighted by Gasteiger charge is -2.26. The SMILES string of the molecule is COc1ccc(C2CCCN2C(=O)c2csc(-c3ccc(C)cc3C)n2)c(OC)c1. The first-order valence-corrected chi connectivity index (χ1v) is 11.0. The van der Waals surface area contributed by atoms with Gasteiger partial charge >= 0.3 is 0 Å². The second-order valence-corrected chi connectivity index (χ2v) is 8.48. The Balaban J connectivity index is 1.61. The van der Waals surface area contributed by atoms with E-state index in [9.17, 15) is 4.79 Å². The average Bonchev–Trinajstić information content (AvgIpc) is 3.43. The van der Waals surface area contributed by atoms with E-state index in [0.29, 0.717) is 5.69 Å². The van der Waals surface area contributed by atoms with E-state index in [1.165, 1.54) is 22.5 Å². The first-order chi connectivity index (χ1) is 14.5. The topological polar surface area (TPSA) is 51.7 Å². The fourth-order valence-corrected chi connectivity index (χ4v) is 5.01. The molecule has 3 aromatic rings. The van der Waals surface area contributed by atoms with Crippen LogP contribution in [0.5, 0.6) is 11.5 Å². The number of carbonyl (C=O) groups is 1. The second kappa shape index (κ2) is 8.48. The quantitative estimate of drug-likeness (QED) is 0.551. The molecule has 0 aliphatic carbocycles. The molecular weight excluding hydrogens is 396 g/mol. The smallest absolute Gasteiger partial charge is 0.273 e. The molecule has 156 valence electrons. The lowest BCUT2D eigenvalue weighted by Crippen LogP contribution is -2.31. The van der Waals surface area contributed by atoms with E-state index in [-0.39, 0.29) is 11.9 Å². The van der Waals surface area contributed by atoms with Gasteiger partial charge in [-0.05, 0) is 44.4 Å². The molecule has 2 heterocycles. The zero-order chi connectivity index (χ0) is 21.3. The molecular formula is C24H26N2O3S. The van der Waals surface area contributed by atoms with E-state index in [1.807, 2.05) is 28.5 Å². The van der Waals surface area contributed by atoms with Crippen molar-refractivity contribution in [3.05, 3.63) is 64.2 Å². The highest BCUT2D eigenvalue weighted by Gasteiger charge is 2.33. The van der Waals surface area contributed by atoms with Gasteiger partial charge in [0.25, 0.3) is 5.91 Å². The average molecular weight is 423 g/mol. The number of benzene rings is 2. The van der Waals surface area contributed by atoms with Crippen LogP contribution in [0.2, 0.25) is 0 Å². The van der Waals surface area contributed by atoms with Crippen molar-refractivity contribution in [3.63, 3.8) is 0 Å². The molecule has 0 N–H and O–H groups in total. The molecule has 1 aromatic heterocycles. The van der Waals surface area contributed by atoms with Gasteiger partial charge in [0.15, 0.2) is 0 Å². The van der Waals surface area contributed by atoms with E-state index in [2.05, 4.69) is 37.0 Å². The zero-order valence-electron chi connectivity index (χ0n) is 17.8. The number of carbonyl (C=O) groups excluding carboxylic acids is 1. The van der Waals surface area contributed by atoms with Crippen LogP contribution in [0.4, 0.5) is 0 Å². The van der Waals surface area contributed by atoms with E-state index in [1.54, 1.807) is 14.2 Å². The number of likely N-dealkylation sites (tertiary alicyclic amines) is 1. The summed E-state index contributed by atoms with van der Waals surface area (Å²) in [6.45, 7) is 4.88. The number of aryl methyl sites for hydroxylation is 2. The van der Waals surface area contributed by atoms with Gasteiger partial charge in [0.05, 0.1) is 20.3 Å². The van der Waals surface area contributed by atoms with Crippen LogP contribution in [0.1, 0.15) is 46.1 Å². The van der Waals surface area contributed by atoms with E-state index in [0.717, 1.165) is 47.0 Å². The number of hydrogen-bond acceptors (Lipinski definition) is 5. The highest BCUT2D eigenvalue weighted by molar-refractivity contribution is 7.13. The first kappa shape index (κ1) is 20.4. The Kier molecular flexibility index (Phi) is 5.77. The molecule has 1 unspecified atom stereocenters. The maximum Gasteiger partial charge on any atom is 0.273 e. The normalized spacial score (nSPS) is 16.0. The maximum absolute atomic E-state index is 13.3. The second-order valence-electron chi connectivity index (χ2n) is 7.62. The molecule has 4 rings (SSSR count). The van der Waals surface area contributed by atoms with Gasteiger partial charge in [0.2, 0.25) is 0 Å². The molecule has 2 aromatic carbocycles. The molecule has 0 radical (unpaired) electrons. The molecule has 1 fully saturated rings. The summed E-state index contributed by atoms with van der Waals surface area (Å²) in [5, 5.41) is 2.76. The summed E-state index contributed by atoms with van der Waals surface area (Å²) in [5.74, 6) is 1.46. The Hall–Kier alpha value is -2.86. The fraction of sp³-hybridized carbons (Fsp3) is 0.333. The van der Waals surface area contributed by atoms with Crippen molar-refractivity contribution < 1.29 is 14.3 Å². The lowest BCUT2D eigenvalue weighted by atomic mass is 10.0. The third-order valence-electron chi connectivity index (χ3n) is 5.65. The minimum absolute atomic E-state index is 0.0235. The number of aromatic nitrogens is 1. The molecule has 0 bridgehead atoms. The van der Waals surface area contributed by atoms with Gasteiger partial charge in [-0.2, -0.15) is 0 Å². The number of rotatable bonds is 5. The Labute approximate surface area is 181 Å². The van der Waals surface area contributed by atoms with Gasteiger partial charge < -0.3 is 14.4 Å². The summed E-state index contributed by atoms with van der Waals surface area (Å²) in [6.07, 6.45) is 1.86. The Morgan fingerprint density at radius 2 is 1.97 bits per heavy atom. The summed E-state index contributed by atoms with van der Waals surface area (Å²) in [5.41, 5.74) is 4.99. The summed E-state index contributed by atoms with van der Waals surface area (Å²) >= 11 is 1.52. The van der Waals surface area contributed by atoms with Crippen molar-refractivity contribution >= 4 is 17.2 Å². The van der Waals surface area contributed by atoms with Gasteiger partial charge in [0, 0.05) is 29.1 Å². The molecule has 1 amide bonds. The molecule has 0 spiro atoms. The standard InChI is InChI=1S/C24H26N2O3S/c1-15-7-9-18(16(2)12-15)23-25-20(14-30-23)24(27)26-11-5-6-21(26)19-10-8-17(28-3)13-22(19)29-4/h7-10,12-14,21H,5-6,11H2,1-4H3. The summed E-state index contributed by atoms with van der Waals surface area (Å²) < 4.78 is 10.9. The van der Waals surface area contributed by atoms with Crippen LogP contribution >= 0.6 is 11.3 Å². The number of methoxy groups -OCH3 is 2. The number of amides is 1. The van der Waals surface area contributed by atoms with E-state index < -0.39 is 0 Å². The highest BCUT2D eigenvalue weighted by Crippen LogP contribution is 2.39. The van der Waals surface area contributed by atoms with Crippen LogP contribution in [0.15, 0.2) is 41.8 Å². The van der Waals surface area contributed by atoms with Gasteiger partial charge in [-0.1, -0.05) is 23.8 Å². The molecule has 0 saturated carbocycles. The fourth-order valence-electron chi connectivity index (χ4n) is 4.12. The molecule has 5 nitrogen and oxygen atoms in total. The first-order valence-electron chi connectivity index (χ1n) is 10.1. The lowest BCUT2D eigenvalue weighted by molar-refractivity contribution is 0.0729. The van der Waals surface area contributed by atoms with Crippen molar-refractivity contribution in [2.24, 2.45) is 0 Å². The third kappa shape index (κ3) is 3.79. The van der Waals surface area contributed by atoms with Gasteiger partial charge in [0.1, 0.15) is 22.2 Å². The molecule has 1 atom stereocenters. The van der Waals surface area contributed by atoms with Crippen LogP contribution in [-0.4, -0.2) is 36.6 Å². The van der Waals surface area contributed by atoms with Crippen LogP contribution in [0.25, 0.3) is 10.6 Å². The van der Waals surface area contributed by atoms with Crippen LogP contribution in [0, 0.1) is 13.8 Å². The molecule has 30 heavy (non-hydrogen) atoms. The number of ether oxygens (including phenoxy) is 2. The molecule has 1 saturated heterocycles. The summed E-state index contributed by atoms with van der Waals surface area (Å²) in [7, 11) is 3.28. The van der Waals surface area contributed by atoms with Crippen molar-refractivity contribution in [1.29, 1.82) is 0 Å². The molecule has 1 aliphatic heterocycles. The van der Waals surface area contributed by atoms with E-state index >= 15 is 0 Å².